The van der Waals surface area contributed by atoms with Crippen LogP contribution < -0.4 is 5.73 Å². The molecule has 0 aliphatic heterocycles. The number of nitrogens with zero attached hydrogens (tertiary/aromatic N) is 1. The van der Waals surface area contributed by atoms with Crippen molar-refractivity contribution >= 4 is 0 Å². The van der Waals surface area contributed by atoms with E-state index in [0.717, 1.165) is 5.56 Å². The van der Waals surface area contributed by atoms with Crippen molar-refractivity contribution in [2.45, 2.75) is 44.9 Å². The van der Waals surface area contributed by atoms with Gasteiger partial charge in [-0.15, -0.1) is 0 Å². The van der Waals surface area contributed by atoms with Crippen LogP contribution in [0.25, 0.3) is 0 Å². The molecule has 0 aromatic heterocycles. The summed E-state index contributed by atoms with van der Waals surface area (Å²) in [5.41, 5.74) is 7.07. The van der Waals surface area contributed by atoms with E-state index in [1.807, 2.05) is 44.2 Å². The maximum Gasteiger partial charge on any atom is 0.401 e. The van der Waals surface area contributed by atoms with Crippen molar-refractivity contribution < 1.29 is 13.2 Å². The Morgan fingerprint density at radius 2 is 1.75 bits per heavy atom. The molecule has 0 radical (unpaired) electrons. The van der Waals surface area contributed by atoms with E-state index in [0.29, 0.717) is 19.4 Å². The third-order valence-electron chi connectivity index (χ3n) is 3.38. The van der Waals surface area contributed by atoms with Crippen LogP contribution in [0.2, 0.25) is 0 Å². The predicted octanol–water partition coefficient (Wildman–Crippen LogP) is 3.74. The van der Waals surface area contributed by atoms with Crippen LogP contribution in [-0.2, 0) is 0 Å². The molecule has 1 aromatic carbocycles. The minimum Gasteiger partial charge on any atom is -0.323 e. The Morgan fingerprint density at radius 1 is 1.15 bits per heavy atom. The first-order chi connectivity index (χ1) is 9.39. The van der Waals surface area contributed by atoms with Gasteiger partial charge in [0.25, 0.3) is 0 Å². The van der Waals surface area contributed by atoms with Gasteiger partial charge < -0.3 is 5.73 Å². The lowest BCUT2D eigenvalue weighted by molar-refractivity contribution is -0.152. The third kappa shape index (κ3) is 5.13. The van der Waals surface area contributed by atoms with Gasteiger partial charge in [0.1, 0.15) is 0 Å². The average Bonchev–Trinajstić information content (AvgIpc) is 2.39. The van der Waals surface area contributed by atoms with Gasteiger partial charge in [-0.05, 0) is 24.9 Å². The molecule has 2 atom stereocenters. The number of alkyl halides is 3. The number of benzene rings is 1. The van der Waals surface area contributed by atoms with E-state index in [1.54, 1.807) is 0 Å². The summed E-state index contributed by atoms with van der Waals surface area (Å²) in [5, 5.41) is 0. The number of hydrogen-bond acceptors (Lipinski definition) is 2. The molecule has 0 heterocycles. The summed E-state index contributed by atoms with van der Waals surface area (Å²) in [5.74, 6) is 0. The number of halogens is 3. The van der Waals surface area contributed by atoms with Crippen LogP contribution in [0.15, 0.2) is 30.3 Å². The predicted molar refractivity (Wildman–Crippen MR) is 75.4 cm³/mol. The number of nitrogens with two attached hydrogens (primary N) is 1. The van der Waals surface area contributed by atoms with Crippen molar-refractivity contribution in [3.63, 3.8) is 0 Å². The van der Waals surface area contributed by atoms with Crippen molar-refractivity contribution in [2.24, 2.45) is 5.73 Å². The second-order valence-corrected chi connectivity index (χ2v) is 5.00. The Kier molecular flexibility index (Phi) is 6.49. The fourth-order valence-electron chi connectivity index (χ4n) is 2.52. The van der Waals surface area contributed by atoms with Crippen molar-refractivity contribution in [1.29, 1.82) is 0 Å². The molecule has 5 heteroatoms. The summed E-state index contributed by atoms with van der Waals surface area (Å²) in [6.45, 7) is 3.26. The maximum atomic E-state index is 12.7. The van der Waals surface area contributed by atoms with Gasteiger partial charge in [-0.2, -0.15) is 13.2 Å². The normalized spacial score (nSPS) is 15.3. The van der Waals surface area contributed by atoms with E-state index in [9.17, 15) is 13.2 Å². The highest BCUT2D eigenvalue weighted by atomic mass is 19.4. The lowest BCUT2D eigenvalue weighted by Gasteiger charge is -2.35. The third-order valence-corrected chi connectivity index (χ3v) is 3.38. The van der Waals surface area contributed by atoms with Gasteiger partial charge in [-0.3, -0.25) is 4.90 Å². The monoisotopic (exact) mass is 288 g/mol. The quantitative estimate of drug-likeness (QED) is 0.828. The largest absolute Gasteiger partial charge is 0.401 e. The molecule has 20 heavy (non-hydrogen) atoms. The highest BCUT2D eigenvalue weighted by molar-refractivity contribution is 5.20. The van der Waals surface area contributed by atoms with E-state index < -0.39 is 18.8 Å². The first-order valence-electron chi connectivity index (χ1n) is 7.00. The molecule has 0 bridgehead atoms. The Balaban J connectivity index is 2.89. The summed E-state index contributed by atoms with van der Waals surface area (Å²) in [6, 6.07) is 8.60. The van der Waals surface area contributed by atoms with Crippen molar-refractivity contribution in [2.75, 3.05) is 13.1 Å². The SMILES string of the molecule is CCCN(CC(F)(F)F)C(CC)C(N)c1ccccc1. The van der Waals surface area contributed by atoms with Crippen LogP contribution in [0.5, 0.6) is 0 Å². The Hall–Kier alpha value is -1.07. The van der Waals surface area contributed by atoms with Gasteiger partial charge in [0, 0.05) is 12.1 Å². The number of rotatable bonds is 7. The maximum absolute atomic E-state index is 12.7. The fourth-order valence-corrected chi connectivity index (χ4v) is 2.52. The fraction of sp³-hybridized carbons (Fsp3) is 0.600. The zero-order valence-electron chi connectivity index (χ0n) is 12.0. The zero-order chi connectivity index (χ0) is 15.2. The van der Waals surface area contributed by atoms with Gasteiger partial charge >= 0.3 is 6.18 Å². The van der Waals surface area contributed by atoms with Crippen LogP contribution in [0.1, 0.15) is 38.3 Å². The molecule has 0 spiro atoms. The van der Waals surface area contributed by atoms with Crippen LogP contribution in [0.4, 0.5) is 13.2 Å². The van der Waals surface area contributed by atoms with E-state index in [4.69, 9.17) is 5.73 Å². The molecule has 1 rings (SSSR count). The Morgan fingerprint density at radius 3 is 2.20 bits per heavy atom. The molecule has 0 aliphatic rings. The summed E-state index contributed by atoms with van der Waals surface area (Å²) < 4.78 is 38.1. The molecule has 2 N–H and O–H groups in total. The summed E-state index contributed by atoms with van der Waals surface area (Å²) >= 11 is 0. The minimum atomic E-state index is -4.20. The molecule has 0 fully saturated rings. The van der Waals surface area contributed by atoms with Crippen molar-refractivity contribution in [3.8, 4) is 0 Å². The molecule has 0 aliphatic carbocycles. The molecule has 0 saturated heterocycles. The van der Waals surface area contributed by atoms with E-state index in [2.05, 4.69) is 0 Å². The molecule has 114 valence electrons. The Labute approximate surface area is 118 Å². The molecule has 0 saturated carbocycles. The molecule has 0 amide bonds. The molecule has 1 aromatic rings. The lowest BCUT2D eigenvalue weighted by Crippen LogP contribution is -2.47. The van der Waals surface area contributed by atoms with Crippen molar-refractivity contribution in [1.82, 2.24) is 4.90 Å². The summed E-state index contributed by atoms with van der Waals surface area (Å²) in [7, 11) is 0. The van der Waals surface area contributed by atoms with Crippen LogP contribution in [0.3, 0.4) is 0 Å². The molecular weight excluding hydrogens is 265 g/mol. The summed E-state index contributed by atoms with van der Waals surface area (Å²) in [6.07, 6.45) is -2.93. The van der Waals surface area contributed by atoms with Crippen LogP contribution in [-0.4, -0.2) is 30.2 Å². The van der Waals surface area contributed by atoms with E-state index >= 15 is 0 Å². The van der Waals surface area contributed by atoms with Crippen LogP contribution in [0, 0.1) is 0 Å². The second-order valence-electron chi connectivity index (χ2n) is 5.00. The standard InChI is InChI=1S/C15H23F3N2/c1-3-10-20(11-15(16,17)18)13(4-2)14(19)12-8-6-5-7-9-12/h5-9,13-14H,3-4,10-11,19H2,1-2H3. The van der Waals surface area contributed by atoms with Crippen LogP contribution >= 0.6 is 0 Å². The topological polar surface area (TPSA) is 29.3 Å². The number of hydrogen-bond donors (Lipinski definition) is 1. The molecular formula is C15H23F3N2. The molecule has 2 unspecified atom stereocenters. The molecule has 2 nitrogen and oxygen atoms in total. The van der Waals surface area contributed by atoms with Gasteiger partial charge in [0.05, 0.1) is 6.54 Å². The van der Waals surface area contributed by atoms with Gasteiger partial charge in [0.15, 0.2) is 0 Å². The highest BCUT2D eigenvalue weighted by Gasteiger charge is 2.35. The second kappa shape index (κ2) is 7.64. The van der Waals surface area contributed by atoms with Gasteiger partial charge in [0.2, 0.25) is 0 Å². The highest BCUT2D eigenvalue weighted by Crippen LogP contribution is 2.25. The van der Waals surface area contributed by atoms with E-state index in [1.165, 1.54) is 4.90 Å². The zero-order valence-corrected chi connectivity index (χ0v) is 12.0. The lowest BCUT2D eigenvalue weighted by atomic mass is 9.96. The first-order valence-corrected chi connectivity index (χ1v) is 7.00. The summed E-state index contributed by atoms with van der Waals surface area (Å²) in [4.78, 5) is 1.46. The van der Waals surface area contributed by atoms with E-state index in [-0.39, 0.29) is 6.04 Å². The van der Waals surface area contributed by atoms with Gasteiger partial charge in [-0.1, -0.05) is 44.2 Å². The average molecular weight is 288 g/mol. The van der Waals surface area contributed by atoms with Crippen molar-refractivity contribution in [3.05, 3.63) is 35.9 Å². The van der Waals surface area contributed by atoms with Gasteiger partial charge in [-0.25, -0.2) is 0 Å². The Bertz CT molecular complexity index is 378. The minimum absolute atomic E-state index is 0.307. The first kappa shape index (κ1) is 17.0. The smallest absolute Gasteiger partial charge is 0.323 e.